The minimum Gasteiger partial charge on any atom is -0.310 e. The number of nitrogens with zero attached hydrogens (tertiary/aromatic N) is 4. The van der Waals surface area contributed by atoms with Crippen molar-refractivity contribution in [3.8, 4) is 22.9 Å². The first kappa shape index (κ1) is 36.7. The molecule has 0 atom stereocenters. The van der Waals surface area contributed by atoms with Gasteiger partial charge in [0.1, 0.15) is 0 Å². The van der Waals surface area contributed by atoms with Crippen molar-refractivity contribution >= 4 is 77.5 Å². The molecule has 0 aliphatic rings. The van der Waals surface area contributed by atoms with Crippen LogP contribution < -0.4 is 9.80 Å². The first-order chi connectivity index (χ1) is 30.6. The van der Waals surface area contributed by atoms with E-state index in [0.717, 1.165) is 72.7 Å². The molecule has 4 nitrogen and oxygen atoms in total. The largest absolute Gasteiger partial charge is 0.310 e. The standard InChI is InChI=1S/C58H40N4/c1-40-22-28-45(29-23-40)60(55-21-11-13-42-12-5-6-16-50(42)55)47-32-26-43(27-33-47)49-35-37-57(52-18-8-7-17-51(49)52)61(46-30-24-41(39-59)25-31-46)48-34-36-58-54(38-48)53-19-9-10-20-56(53)62(58)44-14-3-2-4-15-44/h2-38H,1H3. The lowest BCUT2D eigenvalue weighted by Crippen LogP contribution is -2.11. The molecule has 0 bridgehead atoms. The predicted molar refractivity (Wildman–Crippen MR) is 260 cm³/mol. The van der Waals surface area contributed by atoms with E-state index in [1.165, 1.54) is 27.1 Å². The summed E-state index contributed by atoms with van der Waals surface area (Å²) in [6.45, 7) is 2.13. The number of fused-ring (bicyclic) bond motifs is 5. The highest BCUT2D eigenvalue weighted by atomic mass is 15.1. The van der Waals surface area contributed by atoms with Gasteiger partial charge in [0.15, 0.2) is 0 Å². The second-order valence-corrected chi connectivity index (χ2v) is 15.8. The molecule has 0 N–H and O–H groups in total. The quantitative estimate of drug-likeness (QED) is 0.154. The summed E-state index contributed by atoms with van der Waals surface area (Å²) in [4.78, 5) is 4.68. The molecule has 0 aliphatic heterocycles. The summed E-state index contributed by atoms with van der Waals surface area (Å²) >= 11 is 0. The van der Waals surface area contributed by atoms with E-state index < -0.39 is 0 Å². The van der Waals surface area contributed by atoms with Gasteiger partial charge >= 0.3 is 0 Å². The van der Waals surface area contributed by atoms with Crippen molar-refractivity contribution < 1.29 is 0 Å². The summed E-state index contributed by atoms with van der Waals surface area (Å²) in [5, 5.41) is 16.8. The third kappa shape index (κ3) is 6.32. The molecule has 11 rings (SSSR count). The van der Waals surface area contributed by atoms with Gasteiger partial charge in [-0.05, 0) is 126 Å². The molecule has 11 aromatic rings. The van der Waals surface area contributed by atoms with E-state index in [0.29, 0.717) is 5.56 Å². The number of rotatable bonds is 8. The molecule has 0 fully saturated rings. The number of anilines is 6. The number of nitriles is 1. The molecule has 0 saturated heterocycles. The molecule has 62 heavy (non-hydrogen) atoms. The van der Waals surface area contributed by atoms with Crippen molar-refractivity contribution in [2.24, 2.45) is 0 Å². The molecule has 292 valence electrons. The van der Waals surface area contributed by atoms with Crippen LogP contribution in [0.15, 0.2) is 224 Å². The summed E-state index contributed by atoms with van der Waals surface area (Å²) < 4.78 is 2.35. The van der Waals surface area contributed by atoms with Crippen LogP contribution in [0.5, 0.6) is 0 Å². The molecule has 4 heteroatoms. The zero-order valence-corrected chi connectivity index (χ0v) is 34.2. The molecular weight excluding hydrogens is 753 g/mol. The van der Waals surface area contributed by atoms with Gasteiger partial charge in [-0.1, -0.05) is 133 Å². The lowest BCUT2D eigenvalue weighted by molar-refractivity contribution is 1.18. The normalized spacial score (nSPS) is 11.3. The van der Waals surface area contributed by atoms with Crippen LogP contribution in [0.4, 0.5) is 34.1 Å². The Bertz CT molecular complexity index is 3460. The maximum Gasteiger partial charge on any atom is 0.0991 e. The van der Waals surface area contributed by atoms with Crippen molar-refractivity contribution in [1.29, 1.82) is 5.26 Å². The van der Waals surface area contributed by atoms with Crippen LogP contribution in [0, 0.1) is 18.3 Å². The Morgan fingerprint density at radius 3 is 1.69 bits per heavy atom. The number of benzene rings is 10. The summed E-state index contributed by atoms with van der Waals surface area (Å²) in [5.74, 6) is 0. The highest BCUT2D eigenvalue weighted by Gasteiger charge is 2.21. The summed E-state index contributed by atoms with van der Waals surface area (Å²) in [7, 11) is 0. The van der Waals surface area contributed by atoms with E-state index in [4.69, 9.17) is 0 Å². The molecule has 1 heterocycles. The average molecular weight is 793 g/mol. The zero-order chi connectivity index (χ0) is 41.6. The van der Waals surface area contributed by atoms with Gasteiger partial charge in [0.25, 0.3) is 0 Å². The second-order valence-electron chi connectivity index (χ2n) is 15.8. The van der Waals surface area contributed by atoms with Crippen molar-refractivity contribution in [2.75, 3.05) is 9.80 Å². The van der Waals surface area contributed by atoms with Gasteiger partial charge in [-0.15, -0.1) is 0 Å². The Labute approximate surface area is 361 Å². The van der Waals surface area contributed by atoms with E-state index in [2.05, 4.69) is 228 Å². The molecule has 0 saturated carbocycles. The SMILES string of the molecule is Cc1ccc(N(c2ccc(-c3ccc(N(c4ccc(C#N)cc4)c4ccc5c(c4)c4ccccc4n5-c4ccccc4)c4ccccc34)cc2)c2cccc3ccccc23)cc1. The fourth-order valence-corrected chi connectivity index (χ4v) is 9.11. The highest BCUT2D eigenvalue weighted by Crippen LogP contribution is 2.45. The van der Waals surface area contributed by atoms with E-state index in [1.807, 2.05) is 24.3 Å². The second kappa shape index (κ2) is 15.3. The Kier molecular flexibility index (Phi) is 9.07. The smallest absolute Gasteiger partial charge is 0.0991 e. The molecule has 0 amide bonds. The maximum absolute atomic E-state index is 9.74. The Hall–Kier alpha value is -8.39. The Morgan fingerprint density at radius 1 is 0.403 bits per heavy atom. The van der Waals surface area contributed by atoms with E-state index in [1.54, 1.807) is 0 Å². The van der Waals surface area contributed by atoms with Gasteiger partial charge in [0.2, 0.25) is 0 Å². The van der Waals surface area contributed by atoms with E-state index in [-0.39, 0.29) is 0 Å². The fourth-order valence-electron chi connectivity index (χ4n) is 9.11. The van der Waals surface area contributed by atoms with Crippen molar-refractivity contribution in [1.82, 2.24) is 4.57 Å². The zero-order valence-electron chi connectivity index (χ0n) is 34.2. The van der Waals surface area contributed by atoms with Gasteiger partial charge in [-0.2, -0.15) is 5.26 Å². The summed E-state index contributed by atoms with van der Waals surface area (Å²) in [6.07, 6.45) is 0. The number of para-hydroxylation sites is 2. The van der Waals surface area contributed by atoms with E-state index >= 15 is 0 Å². The van der Waals surface area contributed by atoms with Crippen molar-refractivity contribution in [3.05, 3.63) is 236 Å². The molecule has 0 radical (unpaired) electrons. The van der Waals surface area contributed by atoms with Crippen LogP contribution in [0.2, 0.25) is 0 Å². The van der Waals surface area contributed by atoms with Gasteiger partial charge in [0, 0.05) is 50.0 Å². The van der Waals surface area contributed by atoms with Crippen LogP contribution in [0.1, 0.15) is 11.1 Å². The third-order valence-electron chi connectivity index (χ3n) is 12.1. The average Bonchev–Trinajstić information content (AvgIpc) is 3.67. The third-order valence-corrected chi connectivity index (χ3v) is 12.1. The lowest BCUT2D eigenvalue weighted by Gasteiger charge is -2.28. The molecule has 10 aromatic carbocycles. The number of aromatic nitrogens is 1. The van der Waals surface area contributed by atoms with Crippen LogP contribution in [-0.4, -0.2) is 4.57 Å². The summed E-state index contributed by atoms with van der Waals surface area (Å²) in [6, 6.07) is 82.2. The van der Waals surface area contributed by atoms with Crippen LogP contribution in [-0.2, 0) is 0 Å². The monoisotopic (exact) mass is 792 g/mol. The van der Waals surface area contributed by atoms with Crippen LogP contribution >= 0.6 is 0 Å². The molecular formula is C58H40N4. The van der Waals surface area contributed by atoms with Crippen molar-refractivity contribution in [2.45, 2.75) is 6.92 Å². The van der Waals surface area contributed by atoms with Crippen LogP contribution in [0.25, 0.3) is 60.2 Å². The number of hydrogen-bond acceptors (Lipinski definition) is 3. The van der Waals surface area contributed by atoms with Gasteiger partial charge in [-0.25, -0.2) is 0 Å². The Balaban J connectivity index is 1.05. The minimum atomic E-state index is 0.625. The Morgan fingerprint density at radius 2 is 0.952 bits per heavy atom. The predicted octanol–water partition coefficient (Wildman–Crippen LogP) is 15.9. The minimum absolute atomic E-state index is 0.625. The number of hydrogen-bond donors (Lipinski definition) is 0. The molecule has 1 aromatic heterocycles. The van der Waals surface area contributed by atoms with Gasteiger partial charge < -0.3 is 14.4 Å². The highest BCUT2D eigenvalue weighted by molar-refractivity contribution is 6.12. The topological polar surface area (TPSA) is 35.2 Å². The van der Waals surface area contributed by atoms with Gasteiger partial charge in [-0.3, -0.25) is 0 Å². The molecule has 0 aliphatic carbocycles. The van der Waals surface area contributed by atoms with Crippen molar-refractivity contribution in [3.63, 3.8) is 0 Å². The first-order valence-electron chi connectivity index (χ1n) is 21.0. The maximum atomic E-state index is 9.74. The number of aryl methyl sites for hydroxylation is 1. The lowest BCUT2D eigenvalue weighted by atomic mass is 9.95. The van der Waals surface area contributed by atoms with E-state index in [9.17, 15) is 5.26 Å². The molecule has 0 unspecified atom stereocenters. The first-order valence-corrected chi connectivity index (χ1v) is 21.0. The summed E-state index contributed by atoms with van der Waals surface area (Å²) in [5.41, 5.74) is 14.0. The van der Waals surface area contributed by atoms with Crippen LogP contribution in [0.3, 0.4) is 0 Å². The fraction of sp³-hybridized carbons (Fsp3) is 0.0172. The molecule has 0 spiro atoms. The van der Waals surface area contributed by atoms with Gasteiger partial charge in [0.05, 0.1) is 34.0 Å².